The number of fused-ring (bicyclic) bond motifs is 1. The van der Waals surface area contributed by atoms with Crippen molar-refractivity contribution >= 4 is 29.0 Å². The average Bonchev–Trinajstić information content (AvgIpc) is 3.34. The number of carbonyl (C=O) groups excluding carboxylic acids is 1. The van der Waals surface area contributed by atoms with Gasteiger partial charge >= 0.3 is 6.61 Å². The van der Waals surface area contributed by atoms with Gasteiger partial charge in [-0.2, -0.15) is 8.78 Å². The van der Waals surface area contributed by atoms with E-state index in [0.717, 1.165) is 6.42 Å². The molecular weight excluding hydrogens is 432 g/mol. The molecular formula is C19H19F2N5O2S2. The zero-order chi connectivity index (χ0) is 21.3. The molecule has 0 radical (unpaired) electrons. The second kappa shape index (κ2) is 8.60. The summed E-state index contributed by atoms with van der Waals surface area (Å²) in [4.78, 5) is 16.1. The molecule has 0 bridgehead atoms. The lowest BCUT2D eigenvalue weighted by Gasteiger charge is -2.29. The first kappa shape index (κ1) is 20.6. The number of nitrogens with zero attached hydrogens (tertiary/aromatic N) is 4. The first-order chi connectivity index (χ1) is 14.4. The van der Waals surface area contributed by atoms with Crippen molar-refractivity contribution in [1.29, 1.82) is 0 Å². The highest BCUT2D eigenvalue weighted by Crippen LogP contribution is 2.29. The van der Waals surface area contributed by atoms with Gasteiger partial charge in [-0.05, 0) is 54.6 Å². The summed E-state index contributed by atoms with van der Waals surface area (Å²) in [5.41, 5.74) is 1.80. The molecule has 1 atom stereocenters. The van der Waals surface area contributed by atoms with E-state index in [0.29, 0.717) is 29.6 Å². The van der Waals surface area contributed by atoms with Gasteiger partial charge < -0.3 is 15.5 Å². The fourth-order valence-corrected chi connectivity index (χ4v) is 4.99. The molecule has 2 aromatic heterocycles. The Morgan fingerprint density at radius 2 is 2.03 bits per heavy atom. The predicted octanol–water partition coefficient (Wildman–Crippen LogP) is 3.39. The highest BCUT2D eigenvalue weighted by atomic mass is 32.2. The van der Waals surface area contributed by atoms with Gasteiger partial charge in [-0.1, -0.05) is 11.8 Å². The van der Waals surface area contributed by atoms with Crippen molar-refractivity contribution in [3.63, 3.8) is 0 Å². The molecule has 1 aliphatic heterocycles. The van der Waals surface area contributed by atoms with E-state index in [4.69, 9.17) is 5.84 Å². The number of thioether (sulfide) groups is 1. The number of hydrogen-bond donors (Lipinski definition) is 1. The normalized spacial score (nSPS) is 14.6. The Labute approximate surface area is 179 Å². The van der Waals surface area contributed by atoms with Gasteiger partial charge in [-0.15, -0.1) is 21.5 Å². The number of amides is 1. The maximum Gasteiger partial charge on any atom is 0.387 e. The SMILES string of the molecule is CC(Sc1nnc(-c2ccc(OC(F)F)cc2)n1N)C(=O)N1CCc2sccc2C1. The number of ether oxygens (including phenoxy) is 1. The quantitative estimate of drug-likeness (QED) is 0.457. The second-order valence-electron chi connectivity index (χ2n) is 6.72. The van der Waals surface area contributed by atoms with Crippen LogP contribution >= 0.6 is 23.1 Å². The molecule has 3 aromatic rings. The van der Waals surface area contributed by atoms with Crippen molar-refractivity contribution in [1.82, 2.24) is 19.8 Å². The highest BCUT2D eigenvalue weighted by Gasteiger charge is 2.27. The van der Waals surface area contributed by atoms with Crippen molar-refractivity contribution in [2.24, 2.45) is 0 Å². The van der Waals surface area contributed by atoms with Crippen LogP contribution in [0.4, 0.5) is 8.78 Å². The van der Waals surface area contributed by atoms with Crippen LogP contribution in [0.3, 0.4) is 0 Å². The maximum absolute atomic E-state index is 12.9. The number of nitrogen functional groups attached to an aromatic ring is 1. The van der Waals surface area contributed by atoms with E-state index < -0.39 is 6.61 Å². The van der Waals surface area contributed by atoms with Gasteiger partial charge in [-0.25, -0.2) is 4.68 Å². The zero-order valence-corrected chi connectivity index (χ0v) is 17.6. The van der Waals surface area contributed by atoms with Crippen molar-refractivity contribution < 1.29 is 18.3 Å². The Kier molecular flexibility index (Phi) is 5.91. The molecule has 2 N–H and O–H groups in total. The third kappa shape index (κ3) is 4.26. The average molecular weight is 452 g/mol. The number of carbonyl (C=O) groups is 1. The lowest BCUT2D eigenvalue weighted by Crippen LogP contribution is -2.39. The van der Waals surface area contributed by atoms with E-state index in [1.165, 1.54) is 39.0 Å². The Hall–Kier alpha value is -2.66. The van der Waals surface area contributed by atoms with Gasteiger partial charge in [0.25, 0.3) is 0 Å². The van der Waals surface area contributed by atoms with E-state index in [1.54, 1.807) is 23.5 Å². The minimum absolute atomic E-state index is 0.0231. The Morgan fingerprint density at radius 3 is 2.77 bits per heavy atom. The minimum Gasteiger partial charge on any atom is -0.435 e. The molecule has 30 heavy (non-hydrogen) atoms. The molecule has 0 saturated heterocycles. The standard InChI is InChI=1S/C19H19F2N5O2S2/c1-11(17(27)25-8-6-15-13(10-25)7-9-29-15)30-19-24-23-16(26(19)22)12-2-4-14(5-3-12)28-18(20)21/h2-5,7,9,11,18H,6,8,10,22H2,1H3. The lowest BCUT2D eigenvalue weighted by molar-refractivity contribution is -0.131. The number of aromatic nitrogens is 3. The molecule has 0 spiro atoms. The van der Waals surface area contributed by atoms with E-state index in [2.05, 4.69) is 26.4 Å². The van der Waals surface area contributed by atoms with E-state index in [1.807, 2.05) is 11.8 Å². The van der Waals surface area contributed by atoms with Crippen LogP contribution in [0.2, 0.25) is 0 Å². The summed E-state index contributed by atoms with van der Waals surface area (Å²) in [6.45, 7) is 0.254. The summed E-state index contributed by atoms with van der Waals surface area (Å²) >= 11 is 2.96. The Bertz CT molecular complexity index is 1040. The molecule has 1 aromatic carbocycles. The molecule has 1 aliphatic rings. The van der Waals surface area contributed by atoms with Crippen LogP contribution in [0, 0.1) is 0 Å². The number of hydrogen-bond acceptors (Lipinski definition) is 7. The molecule has 0 aliphatic carbocycles. The van der Waals surface area contributed by atoms with Gasteiger partial charge in [0.15, 0.2) is 5.82 Å². The third-order valence-electron chi connectivity index (χ3n) is 4.75. The Balaban J connectivity index is 1.43. The minimum atomic E-state index is -2.89. The lowest BCUT2D eigenvalue weighted by atomic mass is 10.1. The van der Waals surface area contributed by atoms with Crippen LogP contribution in [0.1, 0.15) is 17.4 Å². The first-order valence-corrected chi connectivity index (χ1v) is 10.9. The molecule has 158 valence electrons. The number of halogens is 2. The fourth-order valence-electron chi connectivity index (χ4n) is 3.24. The predicted molar refractivity (Wildman–Crippen MR) is 111 cm³/mol. The summed E-state index contributed by atoms with van der Waals surface area (Å²) < 4.78 is 30.2. The highest BCUT2D eigenvalue weighted by molar-refractivity contribution is 8.00. The number of thiophene rings is 1. The van der Waals surface area contributed by atoms with Gasteiger partial charge in [-0.3, -0.25) is 4.79 Å². The Morgan fingerprint density at radius 1 is 1.27 bits per heavy atom. The fraction of sp³-hybridized carbons (Fsp3) is 0.316. The second-order valence-corrected chi connectivity index (χ2v) is 9.03. The van der Waals surface area contributed by atoms with Crippen molar-refractivity contribution in [3.05, 3.63) is 46.2 Å². The molecule has 1 unspecified atom stereocenters. The van der Waals surface area contributed by atoms with E-state index >= 15 is 0 Å². The van der Waals surface area contributed by atoms with Crippen molar-refractivity contribution in [2.45, 2.75) is 36.9 Å². The molecule has 7 nitrogen and oxygen atoms in total. The summed E-state index contributed by atoms with van der Waals surface area (Å²) in [5, 5.41) is 10.2. The van der Waals surface area contributed by atoms with Crippen molar-refractivity contribution in [3.8, 4) is 17.1 Å². The number of benzene rings is 1. The van der Waals surface area contributed by atoms with Crippen LogP contribution in [-0.2, 0) is 17.8 Å². The number of alkyl halides is 2. The maximum atomic E-state index is 12.9. The van der Waals surface area contributed by atoms with E-state index in [-0.39, 0.29) is 16.9 Å². The zero-order valence-electron chi connectivity index (χ0n) is 16.0. The summed E-state index contributed by atoms with van der Waals surface area (Å²) in [6, 6.07) is 8.02. The first-order valence-electron chi connectivity index (χ1n) is 9.19. The van der Waals surface area contributed by atoms with Gasteiger partial charge in [0, 0.05) is 23.5 Å². The summed E-state index contributed by atoms with van der Waals surface area (Å²) in [7, 11) is 0. The molecule has 11 heteroatoms. The van der Waals surface area contributed by atoms with E-state index in [9.17, 15) is 13.6 Å². The number of rotatable bonds is 6. The van der Waals surface area contributed by atoms with Crippen LogP contribution < -0.4 is 10.6 Å². The number of nitrogens with two attached hydrogens (primary N) is 1. The van der Waals surface area contributed by atoms with Crippen LogP contribution in [0.25, 0.3) is 11.4 Å². The van der Waals surface area contributed by atoms with Crippen LogP contribution in [0.5, 0.6) is 5.75 Å². The monoisotopic (exact) mass is 451 g/mol. The van der Waals surface area contributed by atoms with Crippen LogP contribution in [-0.4, -0.2) is 44.1 Å². The molecule has 0 fully saturated rings. The van der Waals surface area contributed by atoms with Gasteiger partial charge in [0.1, 0.15) is 5.75 Å². The largest absolute Gasteiger partial charge is 0.435 e. The summed E-state index contributed by atoms with van der Waals surface area (Å²) in [5.74, 6) is 6.55. The van der Waals surface area contributed by atoms with Crippen LogP contribution in [0.15, 0.2) is 40.9 Å². The van der Waals surface area contributed by atoms with Crippen molar-refractivity contribution in [2.75, 3.05) is 12.4 Å². The molecule has 3 heterocycles. The smallest absolute Gasteiger partial charge is 0.387 e. The molecule has 4 rings (SSSR count). The molecule has 1 amide bonds. The van der Waals surface area contributed by atoms with Gasteiger partial charge in [0.05, 0.1) is 5.25 Å². The summed E-state index contributed by atoms with van der Waals surface area (Å²) in [6.07, 6.45) is 0.874. The topological polar surface area (TPSA) is 86.3 Å². The molecule has 0 saturated carbocycles. The third-order valence-corrected chi connectivity index (χ3v) is 6.82. The van der Waals surface area contributed by atoms with Gasteiger partial charge in [0.2, 0.25) is 11.1 Å².